The summed E-state index contributed by atoms with van der Waals surface area (Å²) in [5, 5.41) is 10.6. The van der Waals surface area contributed by atoms with Gasteiger partial charge in [-0.15, -0.1) is 0 Å². The van der Waals surface area contributed by atoms with Crippen LogP contribution >= 0.6 is 0 Å². The second-order valence-electron chi connectivity index (χ2n) is 9.22. The number of aryl methyl sites for hydroxylation is 1. The molecule has 38 heavy (non-hydrogen) atoms. The number of nitrogens with zero attached hydrogens (tertiary/aromatic N) is 2. The number of aromatic amines is 1. The Hall–Kier alpha value is -4.34. The highest BCUT2D eigenvalue weighted by Crippen LogP contribution is 2.30. The standard InChI is InChI=1S/C28H25F3N4O3/c29-28(30,31)21-10-6-18(7-11-21)15-35-16-23-20(8-12-24-22(23)14-32-34-24)9-13-25(26(35)36)33-27(37)38-17-19-4-2-1-3-5-19/h1-8,10-12,14,25H,9,13,15-17H2,(H,32,34)(H,33,37)/t25-/m1/s1. The van der Waals surface area contributed by atoms with E-state index in [0.29, 0.717) is 18.4 Å². The third-order valence-corrected chi connectivity index (χ3v) is 6.65. The number of aromatic nitrogens is 2. The molecular weight excluding hydrogens is 497 g/mol. The van der Waals surface area contributed by atoms with Crippen LogP contribution in [0.3, 0.4) is 0 Å². The molecule has 1 aliphatic rings. The average molecular weight is 523 g/mol. The summed E-state index contributed by atoms with van der Waals surface area (Å²) in [6.45, 7) is 0.343. The first-order valence-electron chi connectivity index (χ1n) is 12.1. The smallest absolute Gasteiger partial charge is 0.416 e. The molecule has 10 heteroatoms. The molecule has 4 aromatic rings. The first-order chi connectivity index (χ1) is 18.3. The summed E-state index contributed by atoms with van der Waals surface area (Å²) in [6, 6.07) is 16.9. The second-order valence-corrected chi connectivity index (χ2v) is 9.22. The number of hydrogen-bond donors (Lipinski definition) is 2. The van der Waals surface area contributed by atoms with Gasteiger partial charge in [-0.1, -0.05) is 48.5 Å². The minimum absolute atomic E-state index is 0.0597. The summed E-state index contributed by atoms with van der Waals surface area (Å²) in [6.07, 6.45) is -2.59. The van der Waals surface area contributed by atoms with Crippen LogP contribution in [0.5, 0.6) is 0 Å². The molecule has 7 nitrogen and oxygen atoms in total. The van der Waals surface area contributed by atoms with Crippen molar-refractivity contribution in [3.63, 3.8) is 0 Å². The van der Waals surface area contributed by atoms with E-state index in [9.17, 15) is 22.8 Å². The molecule has 5 rings (SSSR count). The maximum Gasteiger partial charge on any atom is 0.416 e. The fourth-order valence-electron chi connectivity index (χ4n) is 4.65. The van der Waals surface area contributed by atoms with Crippen LogP contribution in [-0.4, -0.2) is 33.1 Å². The van der Waals surface area contributed by atoms with Crippen LogP contribution in [0.15, 0.2) is 72.9 Å². The number of alkyl halides is 3. The maximum atomic E-state index is 13.7. The second kappa shape index (κ2) is 10.6. The van der Waals surface area contributed by atoms with E-state index in [0.717, 1.165) is 39.7 Å². The van der Waals surface area contributed by atoms with E-state index in [1.54, 1.807) is 11.1 Å². The van der Waals surface area contributed by atoms with Crippen molar-refractivity contribution < 1.29 is 27.5 Å². The topological polar surface area (TPSA) is 87.3 Å². The van der Waals surface area contributed by atoms with Gasteiger partial charge in [-0.3, -0.25) is 9.89 Å². The predicted octanol–water partition coefficient (Wildman–Crippen LogP) is 5.35. The van der Waals surface area contributed by atoms with Crippen LogP contribution in [0, 0.1) is 0 Å². The number of fused-ring (bicyclic) bond motifs is 3. The summed E-state index contributed by atoms with van der Waals surface area (Å²) < 4.78 is 44.4. The monoisotopic (exact) mass is 522 g/mol. The van der Waals surface area contributed by atoms with Gasteiger partial charge in [0.05, 0.1) is 17.3 Å². The van der Waals surface area contributed by atoms with Gasteiger partial charge in [-0.25, -0.2) is 4.79 Å². The van der Waals surface area contributed by atoms with Gasteiger partial charge in [0.1, 0.15) is 12.6 Å². The molecule has 2 N–H and O–H groups in total. The fourth-order valence-corrected chi connectivity index (χ4v) is 4.65. The summed E-state index contributed by atoms with van der Waals surface area (Å²) >= 11 is 0. The van der Waals surface area contributed by atoms with Gasteiger partial charge >= 0.3 is 12.3 Å². The number of nitrogens with one attached hydrogen (secondary N) is 2. The molecular formula is C28H25F3N4O3. The van der Waals surface area contributed by atoms with Crippen LogP contribution < -0.4 is 5.32 Å². The van der Waals surface area contributed by atoms with Crippen molar-refractivity contribution in [1.82, 2.24) is 20.4 Å². The Morgan fingerprint density at radius 1 is 1.05 bits per heavy atom. The van der Waals surface area contributed by atoms with Gasteiger partial charge in [-0.05, 0) is 53.3 Å². The minimum Gasteiger partial charge on any atom is -0.445 e. The van der Waals surface area contributed by atoms with Crippen molar-refractivity contribution in [3.8, 4) is 0 Å². The van der Waals surface area contributed by atoms with Gasteiger partial charge in [0.2, 0.25) is 5.91 Å². The van der Waals surface area contributed by atoms with Crippen LogP contribution in [0.2, 0.25) is 0 Å². The van der Waals surface area contributed by atoms with Crippen LogP contribution in [0.1, 0.15) is 34.2 Å². The summed E-state index contributed by atoms with van der Waals surface area (Å²) in [4.78, 5) is 27.8. The van der Waals surface area contributed by atoms with Crippen molar-refractivity contribution in [2.75, 3.05) is 0 Å². The van der Waals surface area contributed by atoms with Crippen LogP contribution in [-0.2, 0) is 41.8 Å². The summed E-state index contributed by atoms with van der Waals surface area (Å²) in [5.74, 6) is -0.340. The highest BCUT2D eigenvalue weighted by molar-refractivity contribution is 5.88. The Morgan fingerprint density at radius 2 is 1.82 bits per heavy atom. The molecule has 1 aromatic heterocycles. The third-order valence-electron chi connectivity index (χ3n) is 6.65. The Labute approximate surface area is 216 Å². The lowest BCUT2D eigenvalue weighted by molar-refractivity contribution is -0.138. The highest BCUT2D eigenvalue weighted by Gasteiger charge is 2.32. The molecule has 0 radical (unpaired) electrons. The Morgan fingerprint density at radius 3 is 2.55 bits per heavy atom. The summed E-state index contributed by atoms with van der Waals surface area (Å²) in [5.41, 5.74) is 3.35. The first kappa shape index (κ1) is 25.3. The lowest BCUT2D eigenvalue weighted by atomic mass is 9.94. The van der Waals surface area contributed by atoms with E-state index in [1.165, 1.54) is 12.1 Å². The Bertz CT molecular complexity index is 1440. The van der Waals surface area contributed by atoms with Gasteiger partial charge in [0.25, 0.3) is 0 Å². The van der Waals surface area contributed by atoms with E-state index in [-0.39, 0.29) is 25.6 Å². The Kier molecular flexibility index (Phi) is 7.04. The lowest BCUT2D eigenvalue weighted by Gasteiger charge is -2.31. The predicted molar refractivity (Wildman–Crippen MR) is 134 cm³/mol. The number of amides is 2. The van der Waals surface area contributed by atoms with E-state index in [1.807, 2.05) is 42.5 Å². The van der Waals surface area contributed by atoms with Crippen molar-refractivity contribution in [1.29, 1.82) is 0 Å². The molecule has 0 aliphatic carbocycles. The van der Waals surface area contributed by atoms with Crippen molar-refractivity contribution in [2.24, 2.45) is 0 Å². The molecule has 0 fully saturated rings. The van der Waals surface area contributed by atoms with Gasteiger partial charge in [-0.2, -0.15) is 18.3 Å². The highest BCUT2D eigenvalue weighted by atomic mass is 19.4. The number of benzene rings is 3. The zero-order chi connectivity index (χ0) is 26.7. The number of ether oxygens (including phenoxy) is 1. The van der Waals surface area contributed by atoms with E-state index < -0.39 is 23.9 Å². The number of alkyl carbamates (subject to hydrolysis) is 1. The normalized spacial score (nSPS) is 16.0. The molecule has 2 amide bonds. The average Bonchev–Trinajstić information content (AvgIpc) is 3.39. The van der Waals surface area contributed by atoms with E-state index >= 15 is 0 Å². The quantitative estimate of drug-likeness (QED) is 0.370. The minimum atomic E-state index is -4.45. The lowest BCUT2D eigenvalue weighted by Crippen LogP contribution is -2.49. The number of halogens is 3. The number of carbonyl (C=O) groups excluding carboxylic acids is 2. The zero-order valence-electron chi connectivity index (χ0n) is 20.3. The molecule has 1 atom stereocenters. The third kappa shape index (κ3) is 5.64. The van der Waals surface area contributed by atoms with Gasteiger partial charge < -0.3 is 15.0 Å². The molecule has 196 valence electrons. The van der Waals surface area contributed by atoms with E-state index in [2.05, 4.69) is 15.5 Å². The molecule has 1 aliphatic heterocycles. The SMILES string of the molecule is O=C(N[C@@H]1CCc2ccc3[nH]ncc3c2CN(Cc2ccc(C(F)(F)F)cc2)C1=O)OCc1ccccc1. The van der Waals surface area contributed by atoms with Crippen LogP contribution in [0.25, 0.3) is 10.9 Å². The number of carbonyl (C=O) groups is 2. The number of H-pyrrole nitrogens is 1. The van der Waals surface area contributed by atoms with Crippen molar-refractivity contribution >= 4 is 22.9 Å². The largest absolute Gasteiger partial charge is 0.445 e. The zero-order valence-corrected chi connectivity index (χ0v) is 20.3. The Balaban J connectivity index is 1.39. The molecule has 0 unspecified atom stereocenters. The maximum absolute atomic E-state index is 13.7. The molecule has 0 saturated carbocycles. The fraction of sp³-hybridized carbons (Fsp3) is 0.250. The van der Waals surface area contributed by atoms with Crippen molar-refractivity contribution in [2.45, 2.75) is 44.8 Å². The summed E-state index contributed by atoms with van der Waals surface area (Å²) in [7, 11) is 0. The molecule has 0 spiro atoms. The molecule has 2 heterocycles. The molecule has 0 bridgehead atoms. The van der Waals surface area contributed by atoms with E-state index in [4.69, 9.17) is 4.74 Å². The first-order valence-corrected chi connectivity index (χ1v) is 12.1. The number of rotatable bonds is 5. The number of hydrogen-bond acceptors (Lipinski definition) is 4. The van der Waals surface area contributed by atoms with Gasteiger partial charge in [0, 0.05) is 18.5 Å². The molecule has 0 saturated heterocycles. The molecule has 3 aromatic carbocycles. The van der Waals surface area contributed by atoms with Crippen LogP contribution in [0.4, 0.5) is 18.0 Å². The van der Waals surface area contributed by atoms with Gasteiger partial charge in [0.15, 0.2) is 0 Å². The van der Waals surface area contributed by atoms with Crippen molar-refractivity contribution in [3.05, 3.63) is 101 Å².